The van der Waals surface area contributed by atoms with Crippen molar-refractivity contribution in [1.82, 2.24) is 19.4 Å². The van der Waals surface area contributed by atoms with Crippen LogP contribution in [0.5, 0.6) is 0 Å². The van der Waals surface area contributed by atoms with Crippen LogP contribution in [0.4, 0.5) is 5.82 Å². The topological polar surface area (TPSA) is 72.2 Å². The molecule has 0 bridgehead atoms. The zero-order valence-electron chi connectivity index (χ0n) is 15.4. The third-order valence-electron chi connectivity index (χ3n) is 5.08. The summed E-state index contributed by atoms with van der Waals surface area (Å²) < 4.78 is 3.07. The van der Waals surface area contributed by atoms with Gasteiger partial charge in [0.25, 0.3) is 0 Å². The molecule has 4 rings (SSSR count). The van der Waals surface area contributed by atoms with Crippen molar-refractivity contribution in [3.05, 3.63) is 58.6 Å². The molecule has 1 fully saturated rings. The molecule has 1 aliphatic heterocycles. The number of nitrogens with one attached hydrogen (secondary N) is 1. The van der Waals surface area contributed by atoms with Gasteiger partial charge in [0.1, 0.15) is 12.4 Å². The molecule has 3 heterocycles. The van der Waals surface area contributed by atoms with E-state index in [-0.39, 0.29) is 18.1 Å². The van der Waals surface area contributed by atoms with E-state index in [2.05, 4.69) is 15.2 Å². The summed E-state index contributed by atoms with van der Waals surface area (Å²) in [5.74, 6) is 0.775. The van der Waals surface area contributed by atoms with Gasteiger partial charge >= 0.3 is 5.69 Å². The van der Waals surface area contributed by atoms with Crippen LogP contribution >= 0.6 is 0 Å². The summed E-state index contributed by atoms with van der Waals surface area (Å²) >= 11 is 0. The molecule has 1 aliphatic rings. The number of hydrogen-bond acceptors (Lipinski definition) is 4. The molecule has 140 valence electrons. The third-order valence-corrected chi connectivity index (χ3v) is 5.08. The number of carbonyl (C=O) groups excluding carboxylic acids is 1. The maximum atomic E-state index is 12.4. The second-order valence-electron chi connectivity index (χ2n) is 6.91. The first-order valence-electron chi connectivity index (χ1n) is 9.24. The fourth-order valence-corrected chi connectivity index (χ4v) is 3.61. The Morgan fingerprint density at radius 2 is 1.89 bits per heavy atom. The normalized spacial score (nSPS) is 14.0. The molecule has 1 N–H and O–H groups in total. The molecule has 7 heteroatoms. The third kappa shape index (κ3) is 3.45. The standard InChI is InChI=1S/C20H23N5O2/c1-23-16-6-2-3-7-17(16)25(20(23)27)14-19(26)22-13-15-8-9-21-18(12-15)24-10-4-5-11-24/h2-3,6-9,12H,4-5,10-11,13-14H2,1H3,(H,22,26). The number of rotatable bonds is 5. The smallest absolute Gasteiger partial charge is 0.329 e. The second kappa shape index (κ2) is 7.26. The molecule has 1 saturated heterocycles. The van der Waals surface area contributed by atoms with E-state index in [1.807, 2.05) is 36.4 Å². The van der Waals surface area contributed by atoms with Gasteiger partial charge < -0.3 is 10.2 Å². The van der Waals surface area contributed by atoms with Crippen molar-refractivity contribution < 1.29 is 4.79 Å². The number of anilines is 1. The second-order valence-corrected chi connectivity index (χ2v) is 6.91. The van der Waals surface area contributed by atoms with Gasteiger partial charge in [0.2, 0.25) is 5.91 Å². The first-order chi connectivity index (χ1) is 13.1. The van der Waals surface area contributed by atoms with Crippen LogP contribution in [0, 0.1) is 0 Å². The van der Waals surface area contributed by atoms with Crippen LogP contribution in [-0.4, -0.2) is 33.1 Å². The minimum Gasteiger partial charge on any atom is -0.357 e. The Balaban J connectivity index is 1.44. The van der Waals surface area contributed by atoms with Gasteiger partial charge in [-0.05, 0) is 42.7 Å². The van der Waals surface area contributed by atoms with Gasteiger partial charge in [0.15, 0.2) is 0 Å². The van der Waals surface area contributed by atoms with E-state index in [1.54, 1.807) is 17.8 Å². The molecular weight excluding hydrogens is 342 g/mol. The molecule has 0 atom stereocenters. The molecule has 7 nitrogen and oxygen atoms in total. The van der Waals surface area contributed by atoms with E-state index in [0.717, 1.165) is 35.5 Å². The number of nitrogens with zero attached hydrogens (tertiary/aromatic N) is 4. The molecular formula is C20H23N5O2. The summed E-state index contributed by atoms with van der Waals surface area (Å²) in [4.78, 5) is 31.5. The van der Waals surface area contributed by atoms with Gasteiger partial charge in [0.05, 0.1) is 11.0 Å². The first-order valence-corrected chi connectivity index (χ1v) is 9.24. The predicted octanol–water partition coefficient (Wildman–Crippen LogP) is 1.65. The van der Waals surface area contributed by atoms with Crippen molar-refractivity contribution >= 4 is 22.8 Å². The van der Waals surface area contributed by atoms with Crippen LogP contribution in [0.1, 0.15) is 18.4 Å². The van der Waals surface area contributed by atoms with E-state index in [4.69, 9.17) is 0 Å². The van der Waals surface area contributed by atoms with Gasteiger partial charge in [-0.3, -0.25) is 13.9 Å². The quantitative estimate of drug-likeness (QED) is 0.746. The molecule has 1 amide bonds. The Morgan fingerprint density at radius 1 is 1.15 bits per heavy atom. The van der Waals surface area contributed by atoms with Gasteiger partial charge in [0, 0.05) is 32.9 Å². The molecule has 0 aliphatic carbocycles. The maximum absolute atomic E-state index is 12.4. The fraction of sp³-hybridized carbons (Fsp3) is 0.350. The van der Waals surface area contributed by atoms with Gasteiger partial charge in [-0.2, -0.15) is 0 Å². The average molecular weight is 365 g/mol. The Bertz CT molecular complexity index is 1030. The molecule has 0 radical (unpaired) electrons. The number of benzene rings is 1. The Kier molecular flexibility index (Phi) is 4.66. The molecule has 0 unspecified atom stereocenters. The van der Waals surface area contributed by atoms with Crippen LogP contribution in [0.2, 0.25) is 0 Å². The highest BCUT2D eigenvalue weighted by atomic mass is 16.2. The SMILES string of the molecule is Cn1c(=O)n(CC(=O)NCc2ccnc(N3CCCC3)c2)c2ccccc21. The number of imidazole rings is 1. The van der Waals surface area contributed by atoms with Crippen LogP contribution in [0.15, 0.2) is 47.4 Å². The number of fused-ring (bicyclic) bond motifs is 1. The minimum atomic E-state index is -0.188. The highest BCUT2D eigenvalue weighted by molar-refractivity contribution is 5.80. The van der Waals surface area contributed by atoms with Gasteiger partial charge in [-0.25, -0.2) is 9.78 Å². The maximum Gasteiger partial charge on any atom is 0.329 e. The highest BCUT2D eigenvalue weighted by Gasteiger charge is 2.15. The van der Waals surface area contributed by atoms with Crippen molar-refractivity contribution in [2.45, 2.75) is 25.9 Å². The predicted molar refractivity (Wildman–Crippen MR) is 105 cm³/mol. The van der Waals surface area contributed by atoms with Crippen LogP contribution < -0.4 is 15.9 Å². The number of carbonyl (C=O) groups is 1. The largest absolute Gasteiger partial charge is 0.357 e. The monoisotopic (exact) mass is 365 g/mol. The molecule has 1 aromatic carbocycles. The number of amides is 1. The lowest BCUT2D eigenvalue weighted by Crippen LogP contribution is -2.32. The lowest BCUT2D eigenvalue weighted by atomic mass is 10.2. The summed E-state index contributed by atoms with van der Waals surface area (Å²) in [5, 5.41) is 2.91. The number of aromatic nitrogens is 3. The van der Waals surface area contributed by atoms with Crippen LogP contribution in [-0.2, 0) is 24.9 Å². The van der Waals surface area contributed by atoms with E-state index < -0.39 is 0 Å². The summed E-state index contributed by atoms with van der Waals surface area (Å²) in [6.07, 6.45) is 4.18. The van der Waals surface area contributed by atoms with E-state index in [0.29, 0.717) is 6.54 Å². The summed E-state index contributed by atoms with van der Waals surface area (Å²) in [7, 11) is 1.72. The van der Waals surface area contributed by atoms with Crippen molar-refractivity contribution in [2.24, 2.45) is 7.05 Å². The summed E-state index contributed by atoms with van der Waals surface area (Å²) in [5.41, 5.74) is 2.40. The van der Waals surface area contributed by atoms with Crippen molar-refractivity contribution in [3.63, 3.8) is 0 Å². The van der Waals surface area contributed by atoms with Crippen molar-refractivity contribution in [1.29, 1.82) is 0 Å². The Labute approximate surface area is 157 Å². The Morgan fingerprint density at radius 3 is 2.67 bits per heavy atom. The van der Waals surface area contributed by atoms with Gasteiger partial charge in [-0.1, -0.05) is 12.1 Å². The highest BCUT2D eigenvalue weighted by Crippen LogP contribution is 2.18. The zero-order chi connectivity index (χ0) is 18.8. The molecule has 0 spiro atoms. The van der Waals surface area contributed by atoms with Crippen LogP contribution in [0.3, 0.4) is 0 Å². The fourth-order valence-electron chi connectivity index (χ4n) is 3.61. The van der Waals surface area contributed by atoms with E-state index in [9.17, 15) is 9.59 Å². The first kappa shape index (κ1) is 17.3. The van der Waals surface area contributed by atoms with Crippen molar-refractivity contribution in [3.8, 4) is 0 Å². The average Bonchev–Trinajstić information content (AvgIpc) is 3.31. The summed E-state index contributed by atoms with van der Waals surface area (Å²) in [6.45, 7) is 2.49. The molecule has 3 aromatic rings. The van der Waals surface area contributed by atoms with E-state index in [1.165, 1.54) is 17.4 Å². The minimum absolute atomic E-state index is 0.00422. The molecule has 0 saturated carbocycles. The number of pyridine rings is 1. The lowest BCUT2D eigenvalue weighted by molar-refractivity contribution is -0.121. The number of para-hydroxylation sites is 2. The van der Waals surface area contributed by atoms with Gasteiger partial charge in [-0.15, -0.1) is 0 Å². The van der Waals surface area contributed by atoms with Crippen molar-refractivity contribution in [2.75, 3.05) is 18.0 Å². The van der Waals surface area contributed by atoms with Crippen LogP contribution in [0.25, 0.3) is 11.0 Å². The van der Waals surface area contributed by atoms with E-state index >= 15 is 0 Å². The zero-order valence-corrected chi connectivity index (χ0v) is 15.4. The number of hydrogen-bond donors (Lipinski definition) is 1. The molecule has 27 heavy (non-hydrogen) atoms. The molecule has 2 aromatic heterocycles. The summed E-state index contributed by atoms with van der Waals surface area (Å²) in [6, 6.07) is 11.4. The Hall–Kier alpha value is -3.09. The number of aryl methyl sites for hydroxylation is 1. The lowest BCUT2D eigenvalue weighted by Gasteiger charge is -2.17.